The SMILES string of the molecule is CN(CCN1CCCC1)S(=O)(=O)Cc1ccc(CCl)cc1. The second kappa shape index (κ2) is 7.58. The molecule has 1 saturated heterocycles. The topological polar surface area (TPSA) is 40.6 Å². The molecule has 6 heteroatoms. The molecule has 0 bridgehead atoms. The highest BCUT2D eigenvalue weighted by Crippen LogP contribution is 2.13. The Morgan fingerprint density at radius 3 is 2.29 bits per heavy atom. The van der Waals surface area contributed by atoms with Gasteiger partial charge in [-0.15, -0.1) is 11.6 Å². The summed E-state index contributed by atoms with van der Waals surface area (Å²) in [7, 11) is -1.59. The van der Waals surface area contributed by atoms with Gasteiger partial charge in [0.05, 0.1) is 5.75 Å². The number of sulfonamides is 1. The first-order valence-electron chi connectivity index (χ1n) is 7.31. The number of likely N-dealkylation sites (N-methyl/N-ethyl adjacent to an activating group) is 1. The molecule has 0 radical (unpaired) electrons. The van der Waals surface area contributed by atoms with Gasteiger partial charge in [0.25, 0.3) is 0 Å². The van der Waals surface area contributed by atoms with Crippen LogP contribution in [-0.2, 0) is 21.7 Å². The Balaban J connectivity index is 1.89. The van der Waals surface area contributed by atoms with Crippen LogP contribution >= 0.6 is 11.6 Å². The van der Waals surface area contributed by atoms with E-state index in [-0.39, 0.29) is 5.75 Å². The summed E-state index contributed by atoms with van der Waals surface area (Å²) in [4.78, 5) is 2.32. The van der Waals surface area contributed by atoms with E-state index in [1.54, 1.807) is 7.05 Å². The minimum Gasteiger partial charge on any atom is -0.302 e. The fourth-order valence-electron chi connectivity index (χ4n) is 2.47. The molecule has 0 unspecified atom stereocenters. The molecule has 1 aromatic carbocycles. The molecule has 118 valence electrons. The van der Waals surface area contributed by atoms with Gasteiger partial charge >= 0.3 is 0 Å². The van der Waals surface area contributed by atoms with Crippen LogP contribution in [0.3, 0.4) is 0 Å². The monoisotopic (exact) mass is 330 g/mol. The van der Waals surface area contributed by atoms with Crippen LogP contribution < -0.4 is 0 Å². The Morgan fingerprint density at radius 1 is 1.14 bits per heavy atom. The number of benzene rings is 1. The molecule has 0 saturated carbocycles. The van der Waals surface area contributed by atoms with Crippen LogP contribution in [0.15, 0.2) is 24.3 Å². The molecule has 0 aromatic heterocycles. The largest absolute Gasteiger partial charge is 0.302 e. The second-order valence-electron chi connectivity index (χ2n) is 5.58. The van der Waals surface area contributed by atoms with Crippen LogP contribution in [0.2, 0.25) is 0 Å². The lowest BCUT2D eigenvalue weighted by Gasteiger charge is -2.21. The van der Waals surface area contributed by atoms with Crippen molar-refractivity contribution in [3.63, 3.8) is 0 Å². The first kappa shape index (κ1) is 16.7. The molecule has 1 heterocycles. The van der Waals surface area contributed by atoms with Gasteiger partial charge < -0.3 is 4.90 Å². The molecule has 1 aliphatic rings. The highest BCUT2D eigenvalue weighted by Gasteiger charge is 2.20. The average Bonchev–Trinajstić information content (AvgIpc) is 2.98. The predicted octanol–water partition coefficient (Wildman–Crippen LogP) is 2.28. The third-order valence-corrected chi connectivity index (χ3v) is 6.07. The van der Waals surface area contributed by atoms with E-state index in [0.29, 0.717) is 12.4 Å². The maximum absolute atomic E-state index is 12.3. The minimum absolute atomic E-state index is 0.0477. The number of rotatable bonds is 7. The van der Waals surface area contributed by atoms with E-state index < -0.39 is 10.0 Å². The first-order chi connectivity index (χ1) is 10.0. The molecule has 1 aliphatic heterocycles. The lowest BCUT2D eigenvalue weighted by atomic mass is 10.2. The van der Waals surface area contributed by atoms with Gasteiger partial charge in [-0.1, -0.05) is 24.3 Å². The molecule has 1 aromatic rings. The van der Waals surface area contributed by atoms with Gasteiger partial charge in [-0.25, -0.2) is 12.7 Å². The summed E-state index contributed by atoms with van der Waals surface area (Å²) >= 11 is 5.74. The number of hydrogen-bond donors (Lipinski definition) is 0. The number of alkyl halides is 1. The average molecular weight is 331 g/mol. The Hall–Kier alpha value is -0.620. The maximum atomic E-state index is 12.3. The van der Waals surface area contributed by atoms with E-state index in [0.717, 1.165) is 30.8 Å². The van der Waals surface area contributed by atoms with Crippen LogP contribution in [0.1, 0.15) is 24.0 Å². The van der Waals surface area contributed by atoms with E-state index in [1.165, 1.54) is 17.1 Å². The molecule has 1 fully saturated rings. The molecular weight excluding hydrogens is 308 g/mol. The van der Waals surface area contributed by atoms with E-state index in [4.69, 9.17) is 11.6 Å². The summed E-state index contributed by atoms with van der Waals surface area (Å²) in [5.41, 5.74) is 1.80. The molecule has 4 nitrogen and oxygen atoms in total. The summed E-state index contributed by atoms with van der Waals surface area (Å²) in [6.45, 7) is 3.56. The quantitative estimate of drug-likeness (QED) is 0.720. The molecular formula is C15H23ClN2O2S. The zero-order valence-electron chi connectivity index (χ0n) is 12.5. The smallest absolute Gasteiger partial charge is 0.218 e. The molecule has 0 N–H and O–H groups in total. The van der Waals surface area contributed by atoms with Gasteiger partial charge in [0, 0.05) is 26.0 Å². The summed E-state index contributed by atoms with van der Waals surface area (Å²) in [6, 6.07) is 7.43. The van der Waals surface area contributed by atoms with Crippen molar-refractivity contribution in [2.45, 2.75) is 24.5 Å². The van der Waals surface area contributed by atoms with E-state index >= 15 is 0 Å². The molecule has 0 atom stereocenters. The molecule has 21 heavy (non-hydrogen) atoms. The Morgan fingerprint density at radius 2 is 1.71 bits per heavy atom. The fraction of sp³-hybridized carbons (Fsp3) is 0.600. The first-order valence-corrected chi connectivity index (χ1v) is 9.46. The van der Waals surface area contributed by atoms with Gasteiger partial charge in [-0.2, -0.15) is 0 Å². The van der Waals surface area contributed by atoms with Crippen molar-refractivity contribution in [1.82, 2.24) is 9.21 Å². The zero-order valence-corrected chi connectivity index (χ0v) is 14.0. The summed E-state index contributed by atoms with van der Waals surface area (Å²) in [5, 5.41) is 0. The molecule has 2 rings (SSSR count). The van der Waals surface area contributed by atoms with Gasteiger partial charge in [-0.3, -0.25) is 0 Å². The van der Waals surface area contributed by atoms with Crippen molar-refractivity contribution in [1.29, 1.82) is 0 Å². The van der Waals surface area contributed by atoms with E-state index in [1.807, 2.05) is 24.3 Å². The summed E-state index contributed by atoms with van der Waals surface area (Å²) in [5.74, 6) is 0.495. The van der Waals surface area contributed by atoms with Crippen LogP contribution in [0, 0.1) is 0 Å². The lowest BCUT2D eigenvalue weighted by Crippen LogP contribution is -2.35. The van der Waals surface area contributed by atoms with E-state index in [2.05, 4.69) is 4.90 Å². The highest BCUT2D eigenvalue weighted by molar-refractivity contribution is 7.88. The number of nitrogens with zero attached hydrogens (tertiary/aromatic N) is 2. The third kappa shape index (κ3) is 4.95. The summed E-state index contributed by atoms with van der Waals surface area (Å²) in [6.07, 6.45) is 2.45. The second-order valence-corrected chi connectivity index (χ2v) is 7.92. The fourth-order valence-corrected chi connectivity index (χ4v) is 3.85. The molecule has 0 spiro atoms. The van der Waals surface area contributed by atoms with Gasteiger partial charge in [0.2, 0.25) is 10.0 Å². The molecule has 0 amide bonds. The molecule has 0 aliphatic carbocycles. The lowest BCUT2D eigenvalue weighted by molar-refractivity contribution is 0.310. The van der Waals surface area contributed by atoms with Crippen molar-refractivity contribution < 1.29 is 8.42 Å². The predicted molar refractivity (Wildman–Crippen MR) is 86.9 cm³/mol. The van der Waals surface area contributed by atoms with Crippen molar-refractivity contribution in [3.05, 3.63) is 35.4 Å². The van der Waals surface area contributed by atoms with Gasteiger partial charge in [-0.05, 0) is 37.1 Å². The van der Waals surface area contributed by atoms with Crippen molar-refractivity contribution in [3.8, 4) is 0 Å². The number of likely N-dealkylation sites (tertiary alicyclic amines) is 1. The third-order valence-electron chi connectivity index (χ3n) is 3.93. The Labute approximate surface area is 132 Å². The Kier molecular flexibility index (Phi) is 6.05. The van der Waals surface area contributed by atoms with Crippen molar-refractivity contribution in [2.75, 3.05) is 33.2 Å². The van der Waals surface area contributed by atoms with Crippen molar-refractivity contribution >= 4 is 21.6 Å². The summed E-state index contributed by atoms with van der Waals surface area (Å²) < 4.78 is 26.2. The van der Waals surface area contributed by atoms with E-state index in [9.17, 15) is 8.42 Å². The van der Waals surface area contributed by atoms with Gasteiger partial charge in [0.15, 0.2) is 0 Å². The van der Waals surface area contributed by atoms with Crippen LogP contribution in [0.25, 0.3) is 0 Å². The zero-order chi connectivity index (χ0) is 15.3. The normalized spacial score (nSPS) is 16.7. The maximum Gasteiger partial charge on any atom is 0.218 e. The number of halogens is 1. The van der Waals surface area contributed by atoms with Crippen LogP contribution in [0.4, 0.5) is 0 Å². The standard InChI is InChI=1S/C15H23ClN2O2S/c1-17(10-11-18-8-2-3-9-18)21(19,20)13-15-6-4-14(12-16)5-7-15/h4-7H,2-3,8-13H2,1H3. The van der Waals surface area contributed by atoms with Crippen LogP contribution in [-0.4, -0.2) is 50.8 Å². The van der Waals surface area contributed by atoms with Crippen molar-refractivity contribution in [2.24, 2.45) is 0 Å². The highest BCUT2D eigenvalue weighted by atomic mass is 35.5. The van der Waals surface area contributed by atoms with Gasteiger partial charge in [0.1, 0.15) is 0 Å². The minimum atomic E-state index is -3.25. The number of hydrogen-bond acceptors (Lipinski definition) is 3. The van der Waals surface area contributed by atoms with Crippen LogP contribution in [0.5, 0.6) is 0 Å². The Bertz CT molecular complexity index is 539.